The van der Waals surface area contributed by atoms with Crippen molar-refractivity contribution >= 4 is 28.8 Å². The summed E-state index contributed by atoms with van der Waals surface area (Å²) in [6.45, 7) is 5.11. The van der Waals surface area contributed by atoms with Crippen LogP contribution in [0, 0.1) is 6.92 Å². The van der Waals surface area contributed by atoms with Crippen LogP contribution in [0.4, 0.5) is 5.69 Å². The predicted molar refractivity (Wildman–Crippen MR) is 95.7 cm³/mol. The molecule has 0 aliphatic rings. The minimum Gasteiger partial charge on any atom is -0.389 e. The summed E-state index contributed by atoms with van der Waals surface area (Å²) in [7, 11) is 0. The first-order chi connectivity index (χ1) is 10.7. The molecule has 2 rings (SSSR count). The number of hydrogen-bond donors (Lipinski definition) is 2. The molecular formula is C17H19N3O2S. The van der Waals surface area contributed by atoms with E-state index in [1.807, 2.05) is 0 Å². The zero-order valence-corrected chi connectivity index (χ0v) is 14.1. The molecule has 0 saturated heterocycles. The maximum Gasteiger partial charge on any atom is 0.254 e. The molecule has 0 saturated carbocycles. The van der Waals surface area contributed by atoms with Crippen LogP contribution in [0.25, 0.3) is 0 Å². The van der Waals surface area contributed by atoms with Gasteiger partial charge in [-0.25, -0.2) is 0 Å². The van der Waals surface area contributed by atoms with E-state index in [1.165, 1.54) is 4.57 Å². The topological polar surface area (TPSA) is 77.1 Å². The summed E-state index contributed by atoms with van der Waals surface area (Å²) >= 11 is 4.94. The molecule has 0 spiro atoms. The first-order valence-electron chi connectivity index (χ1n) is 7.13. The van der Waals surface area contributed by atoms with Gasteiger partial charge in [-0.1, -0.05) is 30.4 Å². The zero-order valence-electron chi connectivity index (χ0n) is 13.3. The monoisotopic (exact) mass is 329 g/mol. The first-order valence-corrected chi connectivity index (χ1v) is 7.54. The lowest BCUT2D eigenvalue weighted by molar-refractivity contribution is -0.123. The van der Waals surface area contributed by atoms with Gasteiger partial charge in [0.15, 0.2) is 0 Å². The zero-order chi connectivity index (χ0) is 17.2. The van der Waals surface area contributed by atoms with Crippen molar-refractivity contribution < 1.29 is 4.79 Å². The molecule has 0 radical (unpaired) electrons. The van der Waals surface area contributed by atoms with E-state index in [-0.39, 0.29) is 16.5 Å². The average Bonchev–Trinajstić information content (AvgIpc) is 2.50. The Morgan fingerprint density at radius 3 is 2.61 bits per heavy atom. The summed E-state index contributed by atoms with van der Waals surface area (Å²) in [6.07, 6.45) is 1.61. The maximum absolute atomic E-state index is 12.6. The highest BCUT2D eigenvalue weighted by Gasteiger charge is 2.30. The number of rotatable bonds is 4. The fourth-order valence-electron chi connectivity index (χ4n) is 2.19. The van der Waals surface area contributed by atoms with Gasteiger partial charge in [0.25, 0.3) is 5.56 Å². The lowest BCUT2D eigenvalue weighted by Gasteiger charge is -2.26. The minimum absolute atomic E-state index is 0.190. The van der Waals surface area contributed by atoms with Crippen molar-refractivity contribution in [2.45, 2.75) is 26.3 Å². The van der Waals surface area contributed by atoms with Gasteiger partial charge < -0.3 is 15.6 Å². The lowest BCUT2D eigenvalue weighted by Crippen LogP contribution is -2.46. The quantitative estimate of drug-likeness (QED) is 0.843. The van der Waals surface area contributed by atoms with E-state index in [0.29, 0.717) is 16.8 Å². The summed E-state index contributed by atoms with van der Waals surface area (Å²) < 4.78 is 1.43. The molecule has 0 bridgehead atoms. The number of carbonyl (C=O) groups is 1. The smallest absolute Gasteiger partial charge is 0.254 e. The van der Waals surface area contributed by atoms with Gasteiger partial charge in [0.1, 0.15) is 10.5 Å². The number of aromatic nitrogens is 1. The average molecular weight is 329 g/mol. The third-order valence-corrected chi connectivity index (χ3v) is 3.94. The van der Waals surface area contributed by atoms with Crippen molar-refractivity contribution in [2.75, 3.05) is 5.32 Å². The Bertz CT molecular complexity index is 825. The largest absolute Gasteiger partial charge is 0.389 e. The number of hydrogen-bond acceptors (Lipinski definition) is 3. The van der Waals surface area contributed by atoms with E-state index in [1.54, 1.807) is 63.4 Å². The standard InChI is InChI=1S/C17H19N3O2S/c1-11-6-5-9-20(15(11)21)17(2,3)16(22)19-13-8-4-7-12(10-13)14(18)23/h4-10H,1-3H3,(H2,18,23)(H,19,22). The van der Waals surface area contributed by atoms with Gasteiger partial charge in [-0.05, 0) is 39.0 Å². The van der Waals surface area contributed by atoms with Crippen LogP contribution < -0.4 is 16.6 Å². The fraction of sp³-hybridized carbons (Fsp3) is 0.235. The van der Waals surface area contributed by atoms with Crippen LogP contribution in [0.1, 0.15) is 25.0 Å². The van der Waals surface area contributed by atoms with Gasteiger partial charge >= 0.3 is 0 Å². The Kier molecular flexibility index (Phi) is 4.65. The Hall–Kier alpha value is -2.47. The molecule has 3 N–H and O–H groups in total. The molecule has 5 nitrogen and oxygen atoms in total. The maximum atomic E-state index is 12.6. The molecule has 23 heavy (non-hydrogen) atoms. The molecule has 0 aliphatic heterocycles. The number of pyridine rings is 1. The third kappa shape index (κ3) is 3.48. The molecule has 1 aromatic heterocycles. The van der Waals surface area contributed by atoms with Crippen LogP contribution in [0.5, 0.6) is 0 Å². The van der Waals surface area contributed by atoms with Gasteiger partial charge in [0.05, 0.1) is 0 Å². The highest BCUT2D eigenvalue weighted by molar-refractivity contribution is 7.80. The first kappa shape index (κ1) is 16.9. The van der Waals surface area contributed by atoms with Gasteiger partial charge in [0.2, 0.25) is 5.91 Å². The van der Waals surface area contributed by atoms with Crippen molar-refractivity contribution in [2.24, 2.45) is 5.73 Å². The second-order valence-electron chi connectivity index (χ2n) is 5.82. The molecule has 0 atom stereocenters. The Morgan fingerprint density at radius 2 is 1.96 bits per heavy atom. The normalized spacial score (nSPS) is 11.1. The molecule has 0 aliphatic carbocycles. The van der Waals surface area contributed by atoms with E-state index < -0.39 is 5.54 Å². The fourth-order valence-corrected chi connectivity index (χ4v) is 2.31. The van der Waals surface area contributed by atoms with Gasteiger partial charge in [-0.15, -0.1) is 0 Å². The van der Waals surface area contributed by atoms with Gasteiger partial charge in [0, 0.05) is 23.0 Å². The summed E-state index contributed by atoms with van der Waals surface area (Å²) in [5.74, 6) is -0.301. The Labute approximate surface area is 140 Å². The second kappa shape index (κ2) is 6.34. The molecule has 0 fully saturated rings. The Balaban J connectivity index is 2.32. The Morgan fingerprint density at radius 1 is 1.26 bits per heavy atom. The van der Waals surface area contributed by atoms with E-state index in [2.05, 4.69) is 5.32 Å². The van der Waals surface area contributed by atoms with Gasteiger partial charge in [-0.2, -0.15) is 0 Å². The molecule has 2 aromatic rings. The number of nitrogens with two attached hydrogens (primary N) is 1. The molecule has 1 amide bonds. The highest BCUT2D eigenvalue weighted by atomic mass is 32.1. The lowest BCUT2D eigenvalue weighted by atomic mass is 10.0. The highest BCUT2D eigenvalue weighted by Crippen LogP contribution is 2.18. The number of aryl methyl sites for hydroxylation is 1. The molecule has 6 heteroatoms. The van der Waals surface area contributed by atoms with Crippen molar-refractivity contribution in [3.8, 4) is 0 Å². The predicted octanol–water partition coefficient (Wildman–Crippen LogP) is 2.16. The van der Waals surface area contributed by atoms with E-state index >= 15 is 0 Å². The van der Waals surface area contributed by atoms with E-state index in [9.17, 15) is 9.59 Å². The third-order valence-electron chi connectivity index (χ3n) is 3.70. The van der Waals surface area contributed by atoms with Crippen LogP contribution in [0.15, 0.2) is 47.4 Å². The summed E-state index contributed by atoms with van der Waals surface area (Å²) in [5.41, 5.74) is 6.21. The summed E-state index contributed by atoms with van der Waals surface area (Å²) in [4.78, 5) is 25.2. The number of thiocarbonyl (C=S) groups is 1. The number of anilines is 1. The number of amides is 1. The SMILES string of the molecule is Cc1cccn(C(C)(C)C(=O)Nc2cccc(C(N)=S)c2)c1=O. The number of benzene rings is 1. The van der Waals surface area contributed by atoms with Crippen LogP contribution >= 0.6 is 12.2 Å². The minimum atomic E-state index is -1.04. The second-order valence-corrected chi connectivity index (χ2v) is 6.26. The molecule has 1 aromatic carbocycles. The molecule has 1 heterocycles. The van der Waals surface area contributed by atoms with Gasteiger partial charge in [-0.3, -0.25) is 9.59 Å². The van der Waals surface area contributed by atoms with E-state index in [0.717, 1.165) is 0 Å². The summed E-state index contributed by atoms with van der Waals surface area (Å²) in [5, 5.41) is 2.81. The van der Waals surface area contributed by atoms with Crippen molar-refractivity contribution in [1.29, 1.82) is 0 Å². The number of nitrogens with zero attached hydrogens (tertiary/aromatic N) is 1. The van der Waals surface area contributed by atoms with Crippen molar-refractivity contribution in [3.05, 3.63) is 64.1 Å². The number of nitrogens with one attached hydrogen (secondary N) is 1. The van der Waals surface area contributed by atoms with E-state index in [4.69, 9.17) is 18.0 Å². The van der Waals surface area contributed by atoms with Crippen molar-refractivity contribution in [3.63, 3.8) is 0 Å². The van der Waals surface area contributed by atoms with Crippen LogP contribution in [-0.4, -0.2) is 15.5 Å². The molecule has 0 unspecified atom stereocenters. The molecule has 120 valence electrons. The molecular weight excluding hydrogens is 310 g/mol. The van der Waals surface area contributed by atoms with Crippen LogP contribution in [-0.2, 0) is 10.3 Å². The number of carbonyl (C=O) groups excluding carboxylic acids is 1. The van der Waals surface area contributed by atoms with Crippen molar-refractivity contribution in [1.82, 2.24) is 4.57 Å². The van der Waals surface area contributed by atoms with Crippen LogP contribution in [0.3, 0.4) is 0 Å². The van der Waals surface area contributed by atoms with Crippen LogP contribution in [0.2, 0.25) is 0 Å². The summed E-state index contributed by atoms with van der Waals surface area (Å²) in [6, 6.07) is 10.5.